The van der Waals surface area contributed by atoms with Gasteiger partial charge in [0.25, 0.3) is 0 Å². The largest absolute Gasteiger partial charge is 0.497 e. The Balaban J connectivity index is 2.14. The summed E-state index contributed by atoms with van der Waals surface area (Å²) in [4.78, 5) is 5.90. The lowest BCUT2D eigenvalue weighted by molar-refractivity contribution is 0.340. The van der Waals surface area contributed by atoms with Crippen LogP contribution in [0.15, 0.2) is 52.8 Å². The molecular formula is C24H30N2O3S. The first-order chi connectivity index (χ1) is 14.6. The number of hydrogen-bond acceptors (Lipinski definition) is 5. The zero-order valence-corrected chi connectivity index (χ0v) is 19.2. The molecule has 1 unspecified atom stereocenters. The molecule has 1 aromatic heterocycles. The lowest BCUT2D eigenvalue weighted by atomic mass is 10.1. The van der Waals surface area contributed by atoms with Crippen molar-refractivity contribution >= 4 is 17.0 Å². The van der Waals surface area contributed by atoms with Gasteiger partial charge in [-0.05, 0) is 62.7 Å². The van der Waals surface area contributed by atoms with Gasteiger partial charge >= 0.3 is 0 Å². The van der Waals surface area contributed by atoms with E-state index in [0.29, 0.717) is 12.6 Å². The molecule has 0 amide bonds. The van der Waals surface area contributed by atoms with Crippen LogP contribution in [0, 0.1) is 0 Å². The average Bonchev–Trinajstić information content (AvgIpc) is 3.18. The molecule has 0 aliphatic carbocycles. The van der Waals surface area contributed by atoms with Gasteiger partial charge in [-0.15, -0.1) is 11.3 Å². The lowest BCUT2D eigenvalue weighted by Gasteiger charge is -2.18. The second kappa shape index (κ2) is 10.3. The Morgan fingerprint density at radius 1 is 1.00 bits per heavy atom. The third kappa shape index (κ3) is 4.87. The van der Waals surface area contributed by atoms with Crippen LogP contribution in [-0.4, -0.2) is 25.4 Å². The lowest BCUT2D eigenvalue weighted by Crippen LogP contribution is -2.20. The van der Waals surface area contributed by atoms with Crippen molar-refractivity contribution in [3.05, 3.63) is 52.6 Å². The van der Waals surface area contributed by atoms with E-state index < -0.39 is 0 Å². The molecule has 1 atom stereocenters. The van der Waals surface area contributed by atoms with Crippen LogP contribution in [0.3, 0.4) is 0 Å². The Kier molecular flexibility index (Phi) is 7.57. The molecule has 0 aliphatic rings. The van der Waals surface area contributed by atoms with Gasteiger partial charge in [0, 0.05) is 17.0 Å². The van der Waals surface area contributed by atoms with Crippen LogP contribution in [0.4, 0.5) is 5.69 Å². The van der Waals surface area contributed by atoms with Crippen LogP contribution >= 0.6 is 11.3 Å². The van der Waals surface area contributed by atoms with Crippen molar-refractivity contribution in [1.82, 2.24) is 4.57 Å². The molecule has 0 radical (unpaired) electrons. The second-order valence-electron chi connectivity index (χ2n) is 7.02. The van der Waals surface area contributed by atoms with Gasteiger partial charge in [0.1, 0.15) is 17.2 Å². The predicted octanol–water partition coefficient (Wildman–Crippen LogP) is 6.23. The highest BCUT2D eigenvalue weighted by Gasteiger charge is 2.17. The van der Waals surface area contributed by atoms with Crippen LogP contribution in [0.25, 0.3) is 11.3 Å². The number of methoxy groups -OCH3 is 2. The molecule has 0 saturated heterocycles. The van der Waals surface area contributed by atoms with Gasteiger partial charge in [-0.2, -0.15) is 0 Å². The van der Waals surface area contributed by atoms with E-state index in [2.05, 4.69) is 23.8 Å². The van der Waals surface area contributed by atoms with E-state index in [1.54, 1.807) is 25.6 Å². The van der Waals surface area contributed by atoms with Gasteiger partial charge in [-0.3, -0.25) is 0 Å². The van der Waals surface area contributed by atoms with Crippen molar-refractivity contribution < 1.29 is 14.2 Å². The maximum Gasteiger partial charge on any atom is 0.190 e. The number of ether oxygens (including phenoxy) is 3. The quantitative estimate of drug-likeness (QED) is 0.408. The Morgan fingerprint density at radius 3 is 2.37 bits per heavy atom. The first kappa shape index (κ1) is 22.0. The summed E-state index contributed by atoms with van der Waals surface area (Å²) >= 11 is 1.64. The minimum absolute atomic E-state index is 0.300. The van der Waals surface area contributed by atoms with Crippen LogP contribution in [0.1, 0.15) is 39.7 Å². The monoisotopic (exact) mass is 426 g/mol. The van der Waals surface area contributed by atoms with E-state index in [0.717, 1.165) is 51.8 Å². The van der Waals surface area contributed by atoms with Crippen molar-refractivity contribution in [1.29, 1.82) is 0 Å². The average molecular weight is 427 g/mol. The summed E-state index contributed by atoms with van der Waals surface area (Å²) in [6, 6.07) is 14.1. The summed E-state index contributed by atoms with van der Waals surface area (Å²) in [5.74, 6) is 2.48. The van der Waals surface area contributed by atoms with Crippen molar-refractivity contribution in [2.75, 3.05) is 20.8 Å². The molecule has 2 aromatic carbocycles. The van der Waals surface area contributed by atoms with Crippen molar-refractivity contribution in [3.63, 3.8) is 0 Å². The summed E-state index contributed by atoms with van der Waals surface area (Å²) < 4.78 is 19.0. The summed E-state index contributed by atoms with van der Waals surface area (Å²) in [5, 5.41) is 2.15. The normalized spacial score (nSPS) is 12.6. The van der Waals surface area contributed by atoms with Crippen LogP contribution in [-0.2, 0) is 0 Å². The highest BCUT2D eigenvalue weighted by Crippen LogP contribution is 2.35. The number of thiazole rings is 1. The number of rotatable bonds is 9. The molecule has 5 nitrogen and oxygen atoms in total. The van der Waals surface area contributed by atoms with Gasteiger partial charge in [0.2, 0.25) is 0 Å². The van der Waals surface area contributed by atoms with Crippen LogP contribution in [0.2, 0.25) is 0 Å². The van der Waals surface area contributed by atoms with Crippen molar-refractivity contribution in [3.8, 4) is 28.5 Å². The molecule has 30 heavy (non-hydrogen) atoms. The van der Waals surface area contributed by atoms with Gasteiger partial charge in [0.15, 0.2) is 4.80 Å². The van der Waals surface area contributed by atoms with E-state index in [4.69, 9.17) is 19.2 Å². The maximum absolute atomic E-state index is 5.65. The van der Waals surface area contributed by atoms with Crippen LogP contribution < -0.4 is 19.0 Å². The minimum atomic E-state index is 0.300. The fourth-order valence-corrected chi connectivity index (χ4v) is 4.49. The third-order valence-corrected chi connectivity index (χ3v) is 5.78. The number of aromatic nitrogens is 1. The van der Waals surface area contributed by atoms with Crippen molar-refractivity contribution in [2.45, 2.75) is 39.7 Å². The van der Waals surface area contributed by atoms with Gasteiger partial charge in [-0.1, -0.05) is 13.3 Å². The standard InChI is InChI=1S/C24H30N2O3S/c1-6-8-17(3)26-22(21-15-20(27-4)13-14-23(21)28-5)16-30-24(26)25-18-9-11-19(12-10-18)29-7-2/h9-17H,6-8H2,1-5H3. The molecule has 0 saturated carbocycles. The highest BCUT2D eigenvalue weighted by molar-refractivity contribution is 7.07. The van der Waals surface area contributed by atoms with E-state index in [-0.39, 0.29) is 0 Å². The van der Waals surface area contributed by atoms with Gasteiger partial charge < -0.3 is 18.8 Å². The Morgan fingerprint density at radius 2 is 1.73 bits per heavy atom. The number of nitrogens with zero attached hydrogens (tertiary/aromatic N) is 2. The summed E-state index contributed by atoms with van der Waals surface area (Å²) in [7, 11) is 3.38. The summed E-state index contributed by atoms with van der Waals surface area (Å²) in [6.07, 6.45) is 2.16. The molecule has 0 fully saturated rings. The van der Waals surface area contributed by atoms with Gasteiger partial charge in [0.05, 0.1) is 32.2 Å². The Hall–Kier alpha value is -2.73. The van der Waals surface area contributed by atoms with Crippen molar-refractivity contribution in [2.24, 2.45) is 4.99 Å². The Bertz CT molecular complexity index is 1020. The van der Waals surface area contributed by atoms with Crippen LogP contribution in [0.5, 0.6) is 17.2 Å². The third-order valence-electron chi connectivity index (χ3n) is 4.94. The molecule has 0 aliphatic heterocycles. The predicted molar refractivity (Wildman–Crippen MR) is 123 cm³/mol. The molecule has 3 rings (SSSR count). The molecule has 6 heteroatoms. The molecule has 1 heterocycles. The zero-order chi connectivity index (χ0) is 21.5. The molecule has 3 aromatic rings. The second-order valence-corrected chi connectivity index (χ2v) is 7.85. The van der Waals surface area contributed by atoms with Gasteiger partial charge in [-0.25, -0.2) is 4.99 Å². The first-order valence-corrected chi connectivity index (χ1v) is 11.2. The van der Waals surface area contributed by atoms with E-state index in [1.807, 2.05) is 49.4 Å². The molecular weight excluding hydrogens is 396 g/mol. The number of benzene rings is 2. The summed E-state index contributed by atoms with van der Waals surface area (Å²) in [6.45, 7) is 7.08. The highest BCUT2D eigenvalue weighted by atomic mass is 32.1. The maximum atomic E-state index is 5.65. The topological polar surface area (TPSA) is 45.0 Å². The summed E-state index contributed by atoms with van der Waals surface area (Å²) in [5.41, 5.74) is 2.99. The molecule has 0 spiro atoms. The molecule has 0 N–H and O–H groups in total. The smallest absolute Gasteiger partial charge is 0.190 e. The van der Waals surface area contributed by atoms with E-state index in [9.17, 15) is 0 Å². The molecule has 160 valence electrons. The fraction of sp³-hybridized carbons (Fsp3) is 0.375. The minimum Gasteiger partial charge on any atom is -0.497 e. The SMILES string of the molecule is CCCC(C)n1c(-c2cc(OC)ccc2OC)csc1=Nc1ccc(OCC)cc1. The zero-order valence-electron chi connectivity index (χ0n) is 18.3. The van der Waals surface area contributed by atoms with E-state index >= 15 is 0 Å². The number of hydrogen-bond donors (Lipinski definition) is 0. The van der Waals surface area contributed by atoms with E-state index in [1.165, 1.54) is 0 Å². The molecule has 0 bridgehead atoms. The first-order valence-electron chi connectivity index (χ1n) is 10.3. The Labute approximate surface area is 182 Å². The fourth-order valence-electron chi connectivity index (χ4n) is 3.48.